The Hall–Kier alpha value is -2.07. The number of amides is 2. The normalized spacial score (nSPS) is 24.0. The number of nitrogens with zero attached hydrogens (tertiary/aromatic N) is 1. The Bertz CT molecular complexity index is 762. The summed E-state index contributed by atoms with van der Waals surface area (Å²) in [5.74, 6) is -1.58. The molecule has 2 heterocycles. The van der Waals surface area contributed by atoms with E-state index in [2.05, 4.69) is 10.6 Å². The molecule has 2 aliphatic heterocycles. The highest BCUT2D eigenvalue weighted by atomic mass is 35.5. The maximum absolute atomic E-state index is 13.5. The van der Waals surface area contributed by atoms with Crippen molar-refractivity contribution < 1.29 is 31.9 Å². The van der Waals surface area contributed by atoms with Gasteiger partial charge in [-0.3, -0.25) is 9.69 Å². The van der Waals surface area contributed by atoms with Gasteiger partial charge >= 0.3 is 12.3 Å². The molecule has 28 heavy (non-hydrogen) atoms. The summed E-state index contributed by atoms with van der Waals surface area (Å²) in [6.07, 6.45) is -5.69. The second-order valence-electron chi connectivity index (χ2n) is 6.83. The number of carbonyl (C=O) groups is 2. The molecule has 0 aliphatic carbocycles. The first-order valence-corrected chi connectivity index (χ1v) is 8.99. The van der Waals surface area contributed by atoms with E-state index in [0.717, 1.165) is 6.07 Å². The summed E-state index contributed by atoms with van der Waals surface area (Å²) >= 11 is 5.84. The van der Waals surface area contributed by atoms with Crippen molar-refractivity contribution in [3.8, 4) is 0 Å². The molecule has 0 saturated carbocycles. The second kappa shape index (κ2) is 8.12. The van der Waals surface area contributed by atoms with E-state index in [1.54, 1.807) is 0 Å². The number of likely N-dealkylation sites (tertiary alicyclic amines) is 1. The van der Waals surface area contributed by atoms with Gasteiger partial charge in [0.2, 0.25) is 0 Å². The van der Waals surface area contributed by atoms with Crippen LogP contribution < -0.4 is 10.6 Å². The molecular weight excluding hydrogens is 406 g/mol. The molecule has 0 bridgehead atoms. The minimum atomic E-state index is -4.32. The van der Waals surface area contributed by atoms with Crippen LogP contribution in [0.15, 0.2) is 18.2 Å². The topological polar surface area (TPSA) is 70.7 Å². The van der Waals surface area contributed by atoms with Crippen LogP contribution in [-0.2, 0) is 9.53 Å². The predicted octanol–water partition coefficient (Wildman–Crippen LogP) is 2.63. The minimum Gasteiger partial charge on any atom is -0.434 e. The Kier molecular flexibility index (Phi) is 5.99. The first kappa shape index (κ1) is 20.7. The number of halogens is 5. The van der Waals surface area contributed by atoms with Crippen LogP contribution in [0.25, 0.3) is 0 Å². The van der Waals surface area contributed by atoms with Crippen molar-refractivity contribution >= 4 is 23.6 Å². The SMILES string of the molecule is O=C1NC[C@@H](C(=O)N[C@@H](c2ccc(F)c(Cl)c2)[C@H]2CCN(CC(F)(F)F)C2)O1. The van der Waals surface area contributed by atoms with Gasteiger partial charge in [-0.15, -0.1) is 0 Å². The number of ether oxygens (including phenoxy) is 1. The third kappa shape index (κ3) is 5.05. The predicted molar refractivity (Wildman–Crippen MR) is 91.2 cm³/mol. The largest absolute Gasteiger partial charge is 0.434 e. The van der Waals surface area contributed by atoms with Gasteiger partial charge < -0.3 is 15.4 Å². The molecule has 3 rings (SSSR count). The van der Waals surface area contributed by atoms with Gasteiger partial charge in [0, 0.05) is 6.54 Å². The van der Waals surface area contributed by atoms with Crippen molar-refractivity contribution in [1.29, 1.82) is 0 Å². The van der Waals surface area contributed by atoms with E-state index in [1.165, 1.54) is 17.0 Å². The van der Waals surface area contributed by atoms with Crippen LogP contribution in [0.4, 0.5) is 22.4 Å². The van der Waals surface area contributed by atoms with Crippen molar-refractivity contribution in [2.24, 2.45) is 5.92 Å². The summed E-state index contributed by atoms with van der Waals surface area (Å²) in [6, 6.07) is 3.20. The molecule has 0 radical (unpaired) electrons. The molecule has 11 heteroatoms. The molecule has 1 aromatic carbocycles. The maximum atomic E-state index is 13.5. The molecule has 0 aromatic heterocycles. The number of alkyl halides is 3. The number of hydrogen-bond donors (Lipinski definition) is 2. The third-order valence-electron chi connectivity index (χ3n) is 4.76. The standard InChI is InChI=1S/C17H18ClF4N3O3/c18-11-5-9(1-2-12(11)19)14(24-15(26)13-6-23-16(27)28-13)10-3-4-25(7-10)8-17(20,21)22/h1-2,5,10,13-14H,3-4,6-8H2,(H,23,27)(H,24,26)/t10-,13-,14-/m0/s1. The van der Waals surface area contributed by atoms with Crippen LogP contribution in [0.3, 0.4) is 0 Å². The average molecular weight is 424 g/mol. The van der Waals surface area contributed by atoms with E-state index >= 15 is 0 Å². The van der Waals surface area contributed by atoms with E-state index in [1.807, 2.05) is 0 Å². The molecule has 2 N–H and O–H groups in total. The maximum Gasteiger partial charge on any atom is 0.408 e. The summed E-state index contributed by atoms with van der Waals surface area (Å²) in [7, 11) is 0. The molecule has 2 saturated heterocycles. The van der Waals surface area contributed by atoms with E-state index in [9.17, 15) is 27.2 Å². The number of hydrogen-bond acceptors (Lipinski definition) is 4. The summed E-state index contributed by atoms with van der Waals surface area (Å²) < 4.78 is 56.4. The first-order valence-electron chi connectivity index (χ1n) is 8.61. The first-order chi connectivity index (χ1) is 13.1. The van der Waals surface area contributed by atoms with Crippen LogP contribution in [-0.4, -0.2) is 55.4 Å². The van der Waals surface area contributed by atoms with Crippen LogP contribution in [0, 0.1) is 11.7 Å². The summed E-state index contributed by atoms with van der Waals surface area (Å²) in [4.78, 5) is 24.9. The van der Waals surface area contributed by atoms with Crippen molar-refractivity contribution in [3.63, 3.8) is 0 Å². The lowest BCUT2D eigenvalue weighted by molar-refractivity contribution is -0.144. The van der Waals surface area contributed by atoms with Crippen molar-refractivity contribution in [3.05, 3.63) is 34.6 Å². The van der Waals surface area contributed by atoms with Gasteiger partial charge in [-0.1, -0.05) is 17.7 Å². The zero-order valence-electron chi connectivity index (χ0n) is 14.6. The van der Waals surface area contributed by atoms with Crippen molar-refractivity contribution in [2.75, 3.05) is 26.2 Å². The lowest BCUT2D eigenvalue weighted by Crippen LogP contribution is -2.42. The van der Waals surface area contributed by atoms with Crippen LogP contribution in [0.5, 0.6) is 0 Å². The van der Waals surface area contributed by atoms with Gasteiger partial charge in [-0.2, -0.15) is 13.2 Å². The number of rotatable bonds is 5. The fraction of sp³-hybridized carbons (Fsp3) is 0.529. The molecule has 2 aliphatic rings. The number of benzene rings is 1. The Morgan fingerprint density at radius 2 is 2.18 bits per heavy atom. The summed E-state index contributed by atoms with van der Waals surface area (Å²) in [5, 5.41) is 4.92. The summed E-state index contributed by atoms with van der Waals surface area (Å²) in [5.41, 5.74) is 0.468. The lowest BCUT2D eigenvalue weighted by atomic mass is 9.92. The lowest BCUT2D eigenvalue weighted by Gasteiger charge is -2.27. The van der Waals surface area contributed by atoms with Gasteiger partial charge in [0.1, 0.15) is 5.82 Å². The molecule has 0 unspecified atom stereocenters. The molecule has 154 valence electrons. The van der Waals surface area contributed by atoms with E-state index in [0.29, 0.717) is 12.0 Å². The van der Waals surface area contributed by atoms with Crippen LogP contribution in [0.1, 0.15) is 18.0 Å². The Labute approximate surface area is 163 Å². The fourth-order valence-corrected chi connectivity index (χ4v) is 3.68. The van der Waals surface area contributed by atoms with Gasteiger partial charge in [-0.25, -0.2) is 9.18 Å². The molecule has 0 spiro atoms. The molecule has 2 fully saturated rings. The van der Waals surface area contributed by atoms with Gasteiger partial charge in [-0.05, 0) is 36.6 Å². The van der Waals surface area contributed by atoms with E-state index < -0.39 is 42.7 Å². The Morgan fingerprint density at radius 1 is 1.43 bits per heavy atom. The quantitative estimate of drug-likeness (QED) is 0.714. The highest BCUT2D eigenvalue weighted by Crippen LogP contribution is 2.33. The van der Waals surface area contributed by atoms with Crippen LogP contribution >= 0.6 is 11.6 Å². The fourth-order valence-electron chi connectivity index (χ4n) is 3.49. The van der Waals surface area contributed by atoms with E-state index in [-0.39, 0.29) is 30.6 Å². The molecule has 6 nitrogen and oxygen atoms in total. The van der Waals surface area contributed by atoms with Crippen LogP contribution in [0.2, 0.25) is 5.02 Å². The zero-order chi connectivity index (χ0) is 20.5. The number of nitrogens with one attached hydrogen (secondary N) is 2. The third-order valence-corrected chi connectivity index (χ3v) is 5.05. The smallest absolute Gasteiger partial charge is 0.408 e. The molecule has 1 aromatic rings. The summed E-state index contributed by atoms with van der Waals surface area (Å²) in [6.45, 7) is -0.738. The monoisotopic (exact) mass is 423 g/mol. The van der Waals surface area contributed by atoms with Crippen molar-refractivity contribution in [2.45, 2.75) is 24.7 Å². The highest BCUT2D eigenvalue weighted by Gasteiger charge is 2.39. The highest BCUT2D eigenvalue weighted by molar-refractivity contribution is 6.30. The average Bonchev–Trinajstić information content (AvgIpc) is 3.23. The number of alkyl carbamates (subject to hydrolysis) is 1. The Balaban J connectivity index is 1.77. The number of cyclic esters (lactones) is 1. The molecule has 3 atom stereocenters. The van der Waals surface area contributed by atoms with Gasteiger partial charge in [0.25, 0.3) is 5.91 Å². The number of carbonyl (C=O) groups excluding carboxylic acids is 2. The second-order valence-corrected chi connectivity index (χ2v) is 7.24. The van der Waals surface area contributed by atoms with E-state index in [4.69, 9.17) is 16.3 Å². The zero-order valence-corrected chi connectivity index (χ0v) is 15.3. The van der Waals surface area contributed by atoms with Gasteiger partial charge in [0.15, 0.2) is 6.10 Å². The van der Waals surface area contributed by atoms with Crippen molar-refractivity contribution in [1.82, 2.24) is 15.5 Å². The molecule has 2 amide bonds. The Morgan fingerprint density at radius 3 is 2.79 bits per heavy atom. The molecular formula is C17H18ClF4N3O3. The van der Waals surface area contributed by atoms with Gasteiger partial charge in [0.05, 0.1) is 24.2 Å². The minimum absolute atomic E-state index is 0.00751.